The van der Waals surface area contributed by atoms with Gasteiger partial charge in [0.15, 0.2) is 5.76 Å². The molecule has 0 atom stereocenters. The van der Waals surface area contributed by atoms with Gasteiger partial charge in [-0.05, 0) is 50.2 Å². The summed E-state index contributed by atoms with van der Waals surface area (Å²) in [5.41, 5.74) is 2.22. The molecule has 128 valence electrons. The monoisotopic (exact) mass is 356 g/mol. The third-order valence-electron chi connectivity index (χ3n) is 3.63. The van der Waals surface area contributed by atoms with E-state index in [4.69, 9.17) is 20.9 Å². The number of benzene rings is 2. The van der Waals surface area contributed by atoms with Gasteiger partial charge in [0.05, 0.1) is 18.0 Å². The zero-order valence-corrected chi connectivity index (χ0v) is 14.6. The van der Waals surface area contributed by atoms with Crippen molar-refractivity contribution in [1.29, 1.82) is 0 Å². The number of nitrogens with one attached hydrogen (secondary N) is 1. The van der Waals surface area contributed by atoms with Gasteiger partial charge in [-0.2, -0.15) is 0 Å². The maximum Gasteiger partial charge on any atom is 0.261 e. The molecule has 0 aliphatic carbocycles. The molecule has 25 heavy (non-hydrogen) atoms. The van der Waals surface area contributed by atoms with Gasteiger partial charge in [0.1, 0.15) is 11.3 Å². The number of hydrogen-bond donors (Lipinski definition) is 1. The molecular weight excluding hydrogens is 340 g/mol. The molecule has 0 unspecified atom stereocenters. The highest BCUT2D eigenvalue weighted by molar-refractivity contribution is 6.30. The summed E-state index contributed by atoms with van der Waals surface area (Å²) in [4.78, 5) is 12.8. The van der Waals surface area contributed by atoms with Crippen LogP contribution < -0.4 is 10.1 Å². The van der Waals surface area contributed by atoms with Crippen molar-refractivity contribution in [2.45, 2.75) is 13.8 Å². The summed E-state index contributed by atoms with van der Waals surface area (Å²) >= 11 is 5.92. The first-order valence-electron chi connectivity index (χ1n) is 7.85. The van der Waals surface area contributed by atoms with Crippen molar-refractivity contribution >= 4 is 23.2 Å². The molecule has 1 aromatic heterocycles. The number of ether oxygens (including phenoxy) is 1. The second kappa shape index (κ2) is 7.40. The second-order valence-corrected chi connectivity index (χ2v) is 5.80. The number of carbonyl (C=O) groups is 1. The topological polar surface area (TPSA) is 64.4 Å². The van der Waals surface area contributed by atoms with Crippen LogP contribution in [0.2, 0.25) is 5.02 Å². The fourth-order valence-electron chi connectivity index (χ4n) is 2.47. The molecule has 1 amide bonds. The molecule has 0 fully saturated rings. The fourth-order valence-corrected chi connectivity index (χ4v) is 2.60. The van der Waals surface area contributed by atoms with Crippen LogP contribution in [0.25, 0.3) is 11.3 Å². The number of nitrogens with zero attached hydrogens (tertiary/aromatic N) is 1. The average molecular weight is 357 g/mol. The van der Waals surface area contributed by atoms with E-state index in [0.717, 1.165) is 5.56 Å². The van der Waals surface area contributed by atoms with Crippen LogP contribution in [0, 0.1) is 6.92 Å². The maximum atomic E-state index is 12.8. The molecule has 2 aromatic carbocycles. The molecule has 0 saturated heterocycles. The summed E-state index contributed by atoms with van der Waals surface area (Å²) in [5, 5.41) is 7.41. The van der Waals surface area contributed by atoms with Crippen LogP contribution in [-0.4, -0.2) is 17.7 Å². The number of halogens is 1. The first-order chi connectivity index (χ1) is 12.1. The molecule has 0 saturated carbocycles. The number of amides is 1. The van der Waals surface area contributed by atoms with E-state index in [1.807, 2.05) is 19.1 Å². The summed E-state index contributed by atoms with van der Waals surface area (Å²) in [6.45, 7) is 4.13. The minimum absolute atomic E-state index is 0.309. The molecule has 1 heterocycles. The van der Waals surface area contributed by atoms with Crippen LogP contribution in [0.3, 0.4) is 0 Å². The Hall–Kier alpha value is -2.79. The van der Waals surface area contributed by atoms with Crippen LogP contribution in [-0.2, 0) is 0 Å². The third kappa shape index (κ3) is 3.67. The summed E-state index contributed by atoms with van der Waals surface area (Å²) in [6, 6.07) is 14.3. The van der Waals surface area contributed by atoms with Gasteiger partial charge >= 0.3 is 0 Å². The SMILES string of the molecule is CCOc1ccccc1NC(=O)c1c(C)noc1-c1ccc(Cl)cc1. The maximum absolute atomic E-state index is 12.8. The minimum Gasteiger partial charge on any atom is -0.492 e. The molecule has 5 nitrogen and oxygen atoms in total. The highest BCUT2D eigenvalue weighted by atomic mass is 35.5. The van der Waals surface area contributed by atoms with E-state index in [2.05, 4.69) is 10.5 Å². The zero-order valence-electron chi connectivity index (χ0n) is 13.9. The zero-order chi connectivity index (χ0) is 17.8. The normalized spacial score (nSPS) is 10.5. The summed E-state index contributed by atoms with van der Waals surface area (Å²) in [5.74, 6) is 0.705. The van der Waals surface area contributed by atoms with Crippen molar-refractivity contribution in [1.82, 2.24) is 5.16 Å². The molecule has 0 radical (unpaired) electrons. The number of carbonyl (C=O) groups excluding carboxylic acids is 1. The van der Waals surface area contributed by atoms with Gasteiger partial charge in [-0.3, -0.25) is 4.79 Å². The molecular formula is C19H17ClN2O3. The predicted octanol–water partition coefficient (Wildman–Crippen LogP) is 4.95. The number of aromatic nitrogens is 1. The fraction of sp³-hybridized carbons (Fsp3) is 0.158. The number of aryl methyl sites for hydroxylation is 1. The molecule has 6 heteroatoms. The van der Waals surface area contributed by atoms with Crippen molar-refractivity contribution in [3.63, 3.8) is 0 Å². The lowest BCUT2D eigenvalue weighted by Gasteiger charge is -2.11. The van der Waals surface area contributed by atoms with E-state index in [1.54, 1.807) is 43.3 Å². The first-order valence-corrected chi connectivity index (χ1v) is 8.23. The van der Waals surface area contributed by atoms with Gasteiger partial charge in [-0.25, -0.2) is 0 Å². The smallest absolute Gasteiger partial charge is 0.261 e. The number of rotatable bonds is 5. The van der Waals surface area contributed by atoms with E-state index in [0.29, 0.717) is 40.1 Å². The Morgan fingerprint density at radius 3 is 2.64 bits per heavy atom. The quantitative estimate of drug-likeness (QED) is 0.702. The average Bonchev–Trinajstić information content (AvgIpc) is 2.99. The van der Waals surface area contributed by atoms with Crippen molar-refractivity contribution in [2.24, 2.45) is 0 Å². The number of para-hydroxylation sites is 2. The lowest BCUT2D eigenvalue weighted by atomic mass is 10.1. The predicted molar refractivity (Wildman–Crippen MR) is 97.3 cm³/mol. The van der Waals surface area contributed by atoms with Gasteiger partial charge in [0.2, 0.25) is 0 Å². The summed E-state index contributed by atoms with van der Waals surface area (Å²) in [6.07, 6.45) is 0. The molecule has 1 N–H and O–H groups in total. The standard InChI is InChI=1S/C19H17ClN2O3/c1-3-24-16-7-5-4-6-15(16)21-19(23)17-12(2)22-25-18(17)13-8-10-14(20)11-9-13/h4-11H,3H2,1-2H3,(H,21,23). The first kappa shape index (κ1) is 17.0. The minimum atomic E-state index is -0.309. The van der Waals surface area contributed by atoms with Gasteiger partial charge < -0.3 is 14.6 Å². The van der Waals surface area contributed by atoms with E-state index >= 15 is 0 Å². The lowest BCUT2D eigenvalue weighted by molar-refractivity contribution is 0.102. The van der Waals surface area contributed by atoms with Crippen molar-refractivity contribution in [3.8, 4) is 17.1 Å². The molecule has 0 aliphatic heterocycles. The van der Waals surface area contributed by atoms with Crippen LogP contribution in [0.5, 0.6) is 5.75 Å². The molecule has 0 aliphatic rings. The van der Waals surface area contributed by atoms with Gasteiger partial charge in [-0.15, -0.1) is 0 Å². The molecule has 3 rings (SSSR count). The van der Waals surface area contributed by atoms with Crippen LogP contribution in [0.4, 0.5) is 5.69 Å². The Kier molecular flexibility index (Phi) is 5.05. The lowest BCUT2D eigenvalue weighted by Crippen LogP contribution is -2.14. The van der Waals surface area contributed by atoms with Crippen LogP contribution in [0.15, 0.2) is 53.1 Å². The van der Waals surface area contributed by atoms with E-state index in [9.17, 15) is 4.79 Å². The van der Waals surface area contributed by atoms with Gasteiger partial charge in [-0.1, -0.05) is 28.9 Å². The third-order valence-corrected chi connectivity index (χ3v) is 3.88. The summed E-state index contributed by atoms with van der Waals surface area (Å²) < 4.78 is 10.9. The van der Waals surface area contributed by atoms with E-state index < -0.39 is 0 Å². The van der Waals surface area contributed by atoms with Crippen molar-refractivity contribution < 1.29 is 14.1 Å². The highest BCUT2D eigenvalue weighted by Crippen LogP contribution is 2.30. The summed E-state index contributed by atoms with van der Waals surface area (Å²) in [7, 11) is 0. The Labute approximate surface area is 150 Å². The molecule has 0 bridgehead atoms. The molecule has 0 spiro atoms. The van der Waals surface area contributed by atoms with Gasteiger partial charge in [0, 0.05) is 10.6 Å². The molecule has 3 aromatic rings. The number of hydrogen-bond acceptors (Lipinski definition) is 4. The second-order valence-electron chi connectivity index (χ2n) is 5.36. The number of anilines is 1. The Morgan fingerprint density at radius 2 is 1.92 bits per heavy atom. The van der Waals surface area contributed by atoms with Gasteiger partial charge in [0.25, 0.3) is 5.91 Å². The van der Waals surface area contributed by atoms with E-state index in [1.165, 1.54) is 0 Å². The van der Waals surface area contributed by atoms with Crippen LogP contribution >= 0.6 is 11.6 Å². The largest absolute Gasteiger partial charge is 0.492 e. The Morgan fingerprint density at radius 1 is 1.20 bits per heavy atom. The van der Waals surface area contributed by atoms with Crippen molar-refractivity contribution in [2.75, 3.05) is 11.9 Å². The Balaban J connectivity index is 1.93. The van der Waals surface area contributed by atoms with Crippen LogP contribution in [0.1, 0.15) is 23.0 Å². The highest BCUT2D eigenvalue weighted by Gasteiger charge is 2.22. The van der Waals surface area contributed by atoms with E-state index in [-0.39, 0.29) is 5.91 Å². The Bertz CT molecular complexity index is 888. The van der Waals surface area contributed by atoms with Crippen molar-refractivity contribution in [3.05, 3.63) is 64.8 Å².